The average Bonchev–Trinajstić information content (AvgIpc) is 2.55. The standard InChI is InChI=1S/C18H22N2O3/c1-20(12-14-5-4-6-17(11-14)23-3)13-18(21)19-15-7-9-16(22-2)10-8-15/h4-11H,12-13H2,1-3H3,(H,19,21). The molecule has 0 aliphatic rings. The van der Waals surface area contributed by atoms with Gasteiger partial charge in [-0.3, -0.25) is 9.69 Å². The first-order chi connectivity index (χ1) is 11.1. The highest BCUT2D eigenvalue weighted by atomic mass is 16.5. The molecule has 0 saturated heterocycles. The monoisotopic (exact) mass is 314 g/mol. The predicted octanol–water partition coefficient (Wildman–Crippen LogP) is 2.77. The summed E-state index contributed by atoms with van der Waals surface area (Å²) in [5.74, 6) is 1.53. The average molecular weight is 314 g/mol. The lowest BCUT2D eigenvalue weighted by molar-refractivity contribution is -0.117. The molecule has 0 aromatic heterocycles. The highest BCUT2D eigenvalue weighted by Crippen LogP contribution is 2.16. The maximum Gasteiger partial charge on any atom is 0.238 e. The van der Waals surface area contributed by atoms with Crippen molar-refractivity contribution in [3.63, 3.8) is 0 Å². The number of rotatable bonds is 7. The molecule has 0 aliphatic heterocycles. The fourth-order valence-electron chi connectivity index (χ4n) is 2.26. The van der Waals surface area contributed by atoms with Gasteiger partial charge in [0.25, 0.3) is 0 Å². The Kier molecular flexibility index (Phi) is 6.00. The normalized spacial score (nSPS) is 10.4. The van der Waals surface area contributed by atoms with Gasteiger partial charge in [0.15, 0.2) is 0 Å². The first kappa shape index (κ1) is 16.8. The van der Waals surface area contributed by atoms with Crippen molar-refractivity contribution in [2.24, 2.45) is 0 Å². The third kappa shape index (κ3) is 5.30. The van der Waals surface area contributed by atoms with Crippen LogP contribution >= 0.6 is 0 Å². The number of methoxy groups -OCH3 is 2. The van der Waals surface area contributed by atoms with E-state index < -0.39 is 0 Å². The summed E-state index contributed by atoms with van der Waals surface area (Å²) >= 11 is 0. The number of nitrogens with one attached hydrogen (secondary N) is 1. The maximum absolute atomic E-state index is 12.1. The summed E-state index contributed by atoms with van der Waals surface area (Å²) in [4.78, 5) is 14.0. The SMILES string of the molecule is COc1ccc(NC(=O)CN(C)Cc2cccc(OC)c2)cc1. The number of amides is 1. The van der Waals surface area contributed by atoms with Gasteiger partial charge in [0.1, 0.15) is 11.5 Å². The molecule has 0 bridgehead atoms. The Hall–Kier alpha value is -2.53. The van der Waals surface area contributed by atoms with Crippen LogP contribution in [-0.4, -0.2) is 38.6 Å². The summed E-state index contributed by atoms with van der Waals surface area (Å²) < 4.78 is 10.3. The van der Waals surface area contributed by atoms with Crippen molar-refractivity contribution in [3.05, 3.63) is 54.1 Å². The van der Waals surface area contributed by atoms with Gasteiger partial charge in [-0.05, 0) is 49.0 Å². The van der Waals surface area contributed by atoms with E-state index in [0.717, 1.165) is 22.7 Å². The van der Waals surface area contributed by atoms with Crippen LogP contribution in [0.5, 0.6) is 11.5 Å². The van der Waals surface area contributed by atoms with Crippen LogP contribution in [0.25, 0.3) is 0 Å². The maximum atomic E-state index is 12.1. The summed E-state index contributed by atoms with van der Waals surface area (Å²) in [7, 11) is 5.17. The van der Waals surface area contributed by atoms with Crippen molar-refractivity contribution in [1.29, 1.82) is 0 Å². The number of ether oxygens (including phenoxy) is 2. The van der Waals surface area contributed by atoms with Gasteiger partial charge in [-0.25, -0.2) is 0 Å². The van der Waals surface area contributed by atoms with Crippen molar-refractivity contribution in [3.8, 4) is 11.5 Å². The number of nitrogens with zero attached hydrogens (tertiary/aromatic N) is 1. The molecule has 0 aliphatic carbocycles. The quantitative estimate of drug-likeness (QED) is 0.854. The Labute approximate surface area is 136 Å². The molecule has 5 heteroatoms. The molecular weight excluding hydrogens is 292 g/mol. The highest BCUT2D eigenvalue weighted by molar-refractivity contribution is 5.92. The Bertz CT molecular complexity index is 641. The minimum atomic E-state index is -0.0550. The van der Waals surface area contributed by atoms with Gasteiger partial charge in [0.05, 0.1) is 20.8 Å². The molecule has 1 amide bonds. The van der Waals surface area contributed by atoms with E-state index in [-0.39, 0.29) is 5.91 Å². The number of hydrogen-bond donors (Lipinski definition) is 1. The van der Waals surface area contributed by atoms with Crippen LogP contribution in [0, 0.1) is 0 Å². The second-order valence-corrected chi connectivity index (χ2v) is 5.30. The molecule has 0 heterocycles. The van der Waals surface area contributed by atoms with E-state index >= 15 is 0 Å². The number of carbonyl (C=O) groups excluding carboxylic acids is 1. The third-order valence-electron chi connectivity index (χ3n) is 3.37. The van der Waals surface area contributed by atoms with Gasteiger partial charge in [-0.2, -0.15) is 0 Å². The first-order valence-electron chi connectivity index (χ1n) is 7.36. The van der Waals surface area contributed by atoms with Gasteiger partial charge in [-0.1, -0.05) is 12.1 Å². The largest absolute Gasteiger partial charge is 0.497 e. The topological polar surface area (TPSA) is 50.8 Å². The van der Waals surface area contributed by atoms with Crippen LogP contribution in [0.3, 0.4) is 0 Å². The molecule has 1 N–H and O–H groups in total. The zero-order valence-corrected chi connectivity index (χ0v) is 13.7. The van der Waals surface area contributed by atoms with Gasteiger partial charge < -0.3 is 14.8 Å². The minimum absolute atomic E-state index is 0.0550. The van der Waals surface area contributed by atoms with E-state index in [4.69, 9.17) is 9.47 Å². The number of hydrogen-bond acceptors (Lipinski definition) is 4. The lowest BCUT2D eigenvalue weighted by Gasteiger charge is -2.17. The molecule has 0 radical (unpaired) electrons. The van der Waals surface area contributed by atoms with E-state index in [1.165, 1.54) is 0 Å². The summed E-state index contributed by atoms with van der Waals surface area (Å²) in [6, 6.07) is 15.1. The lowest BCUT2D eigenvalue weighted by Crippen LogP contribution is -2.29. The minimum Gasteiger partial charge on any atom is -0.497 e. The number of carbonyl (C=O) groups is 1. The van der Waals surface area contributed by atoms with E-state index in [1.54, 1.807) is 14.2 Å². The molecule has 0 saturated carbocycles. The summed E-state index contributed by atoms with van der Waals surface area (Å²) in [6.45, 7) is 0.983. The van der Waals surface area contributed by atoms with Crippen molar-refractivity contribution in [1.82, 2.24) is 4.90 Å². The molecule has 0 atom stereocenters. The van der Waals surface area contributed by atoms with Crippen LogP contribution < -0.4 is 14.8 Å². The number of anilines is 1. The van der Waals surface area contributed by atoms with Crippen LogP contribution in [0.15, 0.2) is 48.5 Å². The molecule has 2 aromatic carbocycles. The molecule has 2 rings (SSSR count). The van der Waals surface area contributed by atoms with Gasteiger partial charge in [-0.15, -0.1) is 0 Å². The van der Waals surface area contributed by atoms with E-state index in [0.29, 0.717) is 13.1 Å². The third-order valence-corrected chi connectivity index (χ3v) is 3.37. The molecule has 0 spiro atoms. The van der Waals surface area contributed by atoms with E-state index in [1.807, 2.05) is 60.5 Å². The van der Waals surface area contributed by atoms with Gasteiger partial charge in [0.2, 0.25) is 5.91 Å². The molecule has 5 nitrogen and oxygen atoms in total. The highest BCUT2D eigenvalue weighted by Gasteiger charge is 2.08. The Morgan fingerprint density at radius 1 is 1.04 bits per heavy atom. The first-order valence-corrected chi connectivity index (χ1v) is 7.36. The summed E-state index contributed by atoms with van der Waals surface area (Å²) in [6.07, 6.45) is 0. The van der Waals surface area contributed by atoms with Crippen LogP contribution in [0.2, 0.25) is 0 Å². The smallest absolute Gasteiger partial charge is 0.238 e. The van der Waals surface area contributed by atoms with Crippen LogP contribution in [0.4, 0.5) is 5.69 Å². The molecule has 0 unspecified atom stereocenters. The van der Waals surface area contributed by atoms with Crippen LogP contribution in [-0.2, 0) is 11.3 Å². The fourth-order valence-corrected chi connectivity index (χ4v) is 2.26. The zero-order chi connectivity index (χ0) is 16.7. The van der Waals surface area contributed by atoms with E-state index in [2.05, 4.69) is 5.32 Å². The summed E-state index contributed by atoms with van der Waals surface area (Å²) in [5, 5.41) is 2.87. The predicted molar refractivity (Wildman–Crippen MR) is 91.0 cm³/mol. The number of benzene rings is 2. The second-order valence-electron chi connectivity index (χ2n) is 5.30. The second kappa shape index (κ2) is 8.19. The van der Waals surface area contributed by atoms with Crippen molar-refractivity contribution in [2.45, 2.75) is 6.54 Å². The molecule has 2 aromatic rings. The van der Waals surface area contributed by atoms with Crippen molar-refractivity contribution < 1.29 is 14.3 Å². The van der Waals surface area contributed by atoms with Gasteiger partial charge in [0, 0.05) is 12.2 Å². The summed E-state index contributed by atoms with van der Waals surface area (Å²) in [5.41, 5.74) is 1.86. The van der Waals surface area contributed by atoms with Gasteiger partial charge >= 0.3 is 0 Å². The molecule has 23 heavy (non-hydrogen) atoms. The molecule has 0 fully saturated rings. The van der Waals surface area contributed by atoms with Crippen molar-refractivity contribution >= 4 is 11.6 Å². The Balaban J connectivity index is 1.86. The van der Waals surface area contributed by atoms with Crippen molar-refractivity contribution in [2.75, 3.05) is 33.1 Å². The van der Waals surface area contributed by atoms with E-state index in [9.17, 15) is 4.79 Å². The molecule has 122 valence electrons. The Morgan fingerprint density at radius 3 is 2.39 bits per heavy atom. The lowest BCUT2D eigenvalue weighted by atomic mass is 10.2. The van der Waals surface area contributed by atoms with Crippen LogP contribution in [0.1, 0.15) is 5.56 Å². The number of likely N-dealkylation sites (N-methyl/N-ethyl adjacent to an activating group) is 1. The zero-order valence-electron chi connectivity index (χ0n) is 13.7. The Morgan fingerprint density at radius 2 is 1.74 bits per heavy atom. The fraction of sp³-hybridized carbons (Fsp3) is 0.278. The molecular formula is C18H22N2O3.